The lowest BCUT2D eigenvalue weighted by Gasteiger charge is -2.53. The molecule has 190 valence electrons. The summed E-state index contributed by atoms with van der Waals surface area (Å²) in [5, 5.41) is 0. The van der Waals surface area contributed by atoms with E-state index >= 15 is 0 Å². The maximum atomic E-state index is 13.6. The fraction of sp³-hybridized carbons (Fsp3) is 0.846. The van der Waals surface area contributed by atoms with Crippen molar-refractivity contribution < 1.29 is 27.9 Å². The number of methoxy groups -OCH3 is 1. The Morgan fingerprint density at radius 3 is 2.38 bits per heavy atom. The molecule has 1 unspecified atom stereocenters. The molecule has 0 N–H and O–H groups in total. The van der Waals surface area contributed by atoms with Gasteiger partial charge in [0.25, 0.3) is 0 Å². The monoisotopic (exact) mass is 506 g/mol. The van der Waals surface area contributed by atoms with Crippen molar-refractivity contribution in [2.24, 2.45) is 28.6 Å². The van der Waals surface area contributed by atoms with Crippen LogP contribution in [0.4, 0.5) is 0 Å². The fourth-order valence-corrected chi connectivity index (χ4v) is 11.6. The number of hydrogen-bond donors (Lipinski definition) is 0. The average Bonchev–Trinajstić information content (AvgIpc) is 3.10. The van der Waals surface area contributed by atoms with Gasteiger partial charge in [0.05, 0.1) is 24.5 Å². The fourth-order valence-electron chi connectivity index (χ4n) is 9.02. The van der Waals surface area contributed by atoms with Crippen LogP contribution in [0.1, 0.15) is 45.4 Å². The Hall–Kier alpha value is -0.966. The lowest BCUT2D eigenvalue weighted by atomic mass is 9.60. The van der Waals surface area contributed by atoms with Crippen LogP contribution in [0.3, 0.4) is 0 Å². The first-order chi connectivity index (χ1) is 15.5. The Balaban J connectivity index is 1.71. The third-order valence-corrected chi connectivity index (χ3v) is 11.6. The van der Waals surface area contributed by atoms with Gasteiger partial charge in [-0.25, -0.2) is 0 Å². The van der Waals surface area contributed by atoms with Crippen molar-refractivity contribution in [3.8, 4) is 0 Å². The zero-order valence-corrected chi connectivity index (χ0v) is 24.2. The largest absolute Gasteiger partial charge is 0.469 e. The number of carbonyl (C=O) groups is 2. The van der Waals surface area contributed by atoms with Crippen molar-refractivity contribution in [1.82, 2.24) is 0 Å². The van der Waals surface area contributed by atoms with Gasteiger partial charge in [0.1, 0.15) is 11.2 Å². The van der Waals surface area contributed by atoms with Gasteiger partial charge in [0, 0.05) is 11.8 Å². The van der Waals surface area contributed by atoms with E-state index in [-0.39, 0.29) is 35.3 Å². The topological polar surface area (TPSA) is 71.1 Å². The number of hydrogen-bond acceptors (Lipinski definition) is 6. The highest BCUT2D eigenvalue weighted by atomic mass is 28.4. The minimum Gasteiger partial charge on any atom is -0.469 e. The zero-order chi connectivity index (χ0) is 25.1. The van der Waals surface area contributed by atoms with E-state index in [2.05, 4.69) is 45.9 Å². The van der Waals surface area contributed by atoms with Crippen molar-refractivity contribution >= 4 is 28.6 Å². The second-order valence-corrected chi connectivity index (χ2v) is 22.8. The van der Waals surface area contributed by atoms with Crippen LogP contribution in [0.5, 0.6) is 0 Å². The molecule has 0 radical (unpaired) electrons. The highest BCUT2D eigenvalue weighted by Gasteiger charge is 2.84. The second kappa shape index (κ2) is 7.08. The molecule has 0 amide bonds. The van der Waals surface area contributed by atoms with Crippen molar-refractivity contribution in [2.45, 2.75) is 102 Å². The second-order valence-electron chi connectivity index (χ2n) is 13.9. The summed E-state index contributed by atoms with van der Waals surface area (Å²) in [5.41, 5.74) is -1.19. The summed E-state index contributed by atoms with van der Waals surface area (Å²) >= 11 is 0. The van der Waals surface area contributed by atoms with Gasteiger partial charge in [-0.3, -0.25) is 9.59 Å². The predicted molar refractivity (Wildman–Crippen MR) is 134 cm³/mol. The van der Waals surface area contributed by atoms with Gasteiger partial charge < -0.3 is 18.3 Å². The molecular weight excluding hydrogens is 464 g/mol. The normalized spacial score (nSPS) is 47.3. The molecule has 4 saturated carbocycles. The molecule has 4 bridgehead atoms. The van der Waals surface area contributed by atoms with Crippen molar-refractivity contribution in [1.29, 1.82) is 0 Å². The van der Waals surface area contributed by atoms with Crippen LogP contribution in [-0.4, -0.2) is 53.0 Å². The molecule has 0 aromatic carbocycles. The molecule has 1 saturated heterocycles. The summed E-state index contributed by atoms with van der Waals surface area (Å²) in [5.74, 6) is -0.854. The van der Waals surface area contributed by atoms with E-state index in [0.29, 0.717) is 12.8 Å². The van der Waals surface area contributed by atoms with Crippen LogP contribution in [-0.2, 0) is 27.9 Å². The van der Waals surface area contributed by atoms with Crippen LogP contribution >= 0.6 is 0 Å². The summed E-state index contributed by atoms with van der Waals surface area (Å²) in [6.45, 7) is 19.9. The zero-order valence-electron chi connectivity index (χ0n) is 22.2. The quantitative estimate of drug-likeness (QED) is 0.295. The maximum Gasteiger partial charge on any atom is 0.312 e. The Morgan fingerprint density at radius 1 is 1.12 bits per heavy atom. The summed E-state index contributed by atoms with van der Waals surface area (Å²) in [4.78, 5) is 26.9. The van der Waals surface area contributed by atoms with E-state index in [1.807, 2.05) is 6.92 Å². The highest BCUT2D eigenvalue weighted by Crippen LogP contribution is 2.79. The van der Waals surface area contributed by atoms with Crippen LogP contribution in [0.2, 0.25) is 39.3 Å². The number of esters is 2. The van der Waals surface area contributed by atoms with Crippen LogP contribution < -0.4 is 0 Å². The van der Waals surface area contributed by atoms with Gasteiger partial charge in [-0.1, -0.05) is 6.58 Å². The van der Waals surface area contributed by atoms with E-state index in [4.69, 9.17) is 18.3 Å². The van der Waals surface area contributed by atoms with Crippen molar-refractivity contribution in [2.75, 3.05) is 7.11 Å². The van der Waals surface area contributed by atoms with Crippen molar-refractivity contribution in [3.05, 3.63) is 12.2 Å². The summed E-state index contributed by atoms with van der Waals surface area (Å²) in [6, 6.07) is 0. The van der Waals surface area contributed by atoms with E-state index in [9.17, 15) is 9.59 Å². The molecule has 34 heavy (non-hydrogen) atoms. The molecule has 8 heteroatoms. The average molecular weight is 507 g/mol. The minimum atomic E-state index is -1.98. The summed E-state index contributed by atoms with van der Waals surface area (Å²) in [7, 11) is -2.44. The van der Waals surface area contributed by atoms with E-state index in [1.54, 1.807) is 0 Å². The molecule has 4 aliphatic carbocycles. The van der Waals surface area contributed by atoms with Gasteiger partial charge >= 0.3 is 11.9 Å². The Labute approximate surface area is 206 Å². The molecule has 1 spiro atoms. The Morgan fingerprint density at radius 2 is 1.79 bits per heavy atom. The number of carbonyl (C=O) groups excluding carboxylic acids is 2. The third-order valence-electron chi connectivity index (χ3n) is 9.60. The first kappa shape index (κ1) is 24.7. The van der Waals surface area contributed by atoms with Crippen LogP contribution in [0.25, 0.3) is 0 Å². The van der Waals surface area contributed by atoms with Gasteiger partial charge in [-0.2, -0.15) is 0 Å². The highest BCUT2D eigenvalue weighted by molar-refractivity contribution is 6.70. The molecule has 5 rings (SSSR count). The first-order valence-electron chi connectivity index (χ1n) is 12.9. The minimum absolute atomic E-state index is 0.0409. The standard InChI is InChI=1S/C26H42O6Si2/c1-16-14-24-15-26(16,32-34(7,8)9)18(31-33(4,5)6)13-17(24)25-12-10-11-23(2,22(28)30-25)20(25)19(24)21(27)29-3/h17-20H,1,10-15H2,2-9H3/t17-,18+,19-,20-,23?,24+,25-,26+/m1/s1. The van der Waals surface area contributed by atoms with E-state index in [1.165, 1.54) is 7.11 Å². The lowest BCUT2D eigenvalue weighted by molar-refractivity contribution is -0.169. The molecule has 6 nitrogen and oxygen atoms in total. The molecule has 0 aromatic heterocycles. The molecular formula is C26H42O6Si2. The molecule has 5 fully saturated rings. The van der Waals surface area contributed by atoms with Crippen molar-refractivity contribution in [3.63, 3.8) is 0 Å². The third kappa shape index (κ3) is 3.04. The van der Waals surface area contributed by atoms with Gasteiger partial charge in [0.15, 0.2) is 16.6 Å². The maximum absolute atomic E-state index is 13.6. The van der Waals surface area contributed by atoms with Gasteiger partial charge in [-0.15, -0.1) is 0 Å². The molecule has 1 heterocycles. The summed E-state index contributed by atoms with van der Waals surface area (Å²) < 4.78 is 25.9. The van der Waals surface area contributed by atoms with Crippen LogP contribution in [0, 0.1) is 28.6 Å². The van der Waals surface area contributed by atoms with Gasteiger partial charge in [0.2, 0.25) is 0 Å². The molecule has 8 atom stereocenters. The van der Waals surface area contributed by atoms with E-state index < -0.39 is 39.2 Å². The van der Waals surface area contributed by atoms with Gasteiger partial charge in [-0.05, 0) is 95.7 Å². The Kier molecular flexibility index (Phi) is 5.14. The number of ether oxygens (including phenoxy) is 2. The van der Waals surface area contributed by atoms with E-state index in [0.717, 1.165) is 31.3 Å². The van der Waals surface area contributed by atoms with Crippen LogP contribution in [0.15, 0.2) is 12.2 Å². The number of rotatable bonds is 5. The summed E-state index contributed by atoms with van der Waals surface area (Å²) in [6.07, 6.45) is 4.52. The molecule has 5 aliphatic rings. The number of fused-ring (bicyclic) bond motifs is 1. The SMILES string of the molecule is C=C1C[C@]23C[C@@]1(O[Si](C)(C)C)[C@@H](O[Si](C)(C)C)C[C@H]2[C@@]12CCCC(C)(C(=O)O1)[C@H]2[C@@H]3C(=O)OC. The predicted octanol–water partition coefficient (Wildman–Crippen LogP) is 5.06. The first-order valence-corrected chi connectivity index (χ1v) is 19.7. The molecule has 1 aliphatic heterocycles. The lowest BCUT2D eigenvalue weighted by Crippen LogP contribution is -2.60. The molecule has 0 aromatic rings. The Bertz CT molecular complexity index is 952. The smallest absolute Gasteiger partial charge is 0.312 e.